The summed E-state index contributed by atoms with van der Waals surface area (Å²) in [5.74, 6) is 0.630. The van der Waals surface area contributed by atoms with E-state index in [2.05, 4.69) is 17.2 Å². The van der Waals surface area contributed by atoms with Crippen LogP contribution in [0.5, 0.6) is 0 Å². The Morgan fingerprint density at radius 2 is 2.05 bits per heavy atom. The van der Waals surface area contributed by atoms with Gasteiger partial charge in [-0.05, 0) is 43.7 Å². The molecule has 1 spiro atoms. The Hall–Kier alpha value is -1.84. The first-order chi connectivity index (χ1) is 9.80. The van der Waals surface area contributed by atoms with E-state index in [9.17, 15) is 4.79 Å². The maximum atomic E-state index is 10.7. The van der Waals surface area contributed by atoms with E-state index in [1.807, 2.05) is 27.9 Å². The molecule has 1 saturated carbocycles. The molecule has 0 aromatic carbocycles. The van der Waals surface area contributed by atoms with E-state index in [1.165, 1.54) is 36.8 Å². The van der Waals surface area contributed by atoms with Crippen LogP contribution >= 0.6 is 0 Å². The second kappa shape index (κ2) is 4.33. The van der Waals surface area contributed by atoms with E-state index >= 15 is 0 Å². The fourth-order valence-corrected chi connectivity index (χ4v) is 4.02. The minimum atomic E-state index is 0.431. The summed E-state index contributed by atoms with van der Waals surface area (Å²) in [5.41, 5.74) is 3.07. The maximum absolute atomic E-state index is 10.7. The van der Waals surface area contributed by atoms with E-state index in [0.29, 0.717) is 11.3 Å². The molecule has 1 saturated heterocycles. The average molecular weight is 269 g/mol. The van der Waals surface area contributed by atoms with E-state index in [4.69, 9.17) is 0 Å². The summed E-state index contributed by atoms with van der Waals surface area (Å²) in [6.45, 7) is 1.94. The lowest BCUT2D eigenvalue weighted by Gasteiger charge is -2.52. The van der Waals surface area contributed by atoms with Crippen molar-refractivity contribution < 1.29 is 4.79 Å². The zero-order valence-electron chi connectivity index (χ0n) is 11.5. The van der Waals surface area contributed by atoms with Crippen LogP contribution in [0.2, 0.25) is 0 Å². The molecule has 4 rings (SSSR count). The molecular formula is C16H19N3O. The normalized spacial score (nSPS) is 22.1. The predicted molar refractivity (Wildman–Crippen MR) is 76.5 cm³/mol. The van der Waals surface area contributed by atoms with Crippen LogP contribution in [0, 0.1) is 5.41 Å². The summed E-state index contributed by atoms with van der Waals surface area (Å²) in [6.07, 6.45) is 9.97. The summed E-state index contributed by atoms with van der Waals surface area (Å²) in [4.78, 5) is 12.6. The maximum Gasteiger partial charge on any atom is 0.209 e. The third kappa shape index (κ3) is 1.74. The number of carbonyl (C=O) groups is 1. The molecule has 1 amide bonds. The van der Waals surface area contributed by atoms with Crippen molar-refractivity contribution in [2.75, 3.05) is 13.1 Å². The SMILES string of the molecule is O=CN1CC2(CCC(c3cnn4ccccc34)CC2)C1. The Morgan fingerprint density at radius 1 is 1.25 bits per heavy atom. The van der Waals surface area contributed by atoms with E-state index in [-0.39, 0.29) is 0 Å². The van der Waals surface area contributed by atoms with Crippen molar-refractivity contribution in [2.45, 2.75) is 31.6 Å². The topological polar surface area (TPSA) is 37.6 Å². The highest BCUT2D eigenvalue weighted by Crippen LogP contribution is 2.48. The molecule has 0 unspecified atom stereocenters. The lowest BCUT2D eigenvalue weighted by molar-refractivity contribution is -0.131. The van der Waals surface area contributed by atoms with Gasteiger partial charge in [0.05, 0.1) is 11.7 Å². The Balaban J connectivity index is 1.51. The largest absolute Gasteiger partial charge is 0.344 e. The first-order valence-corrected chi connectivity index (χ1v) is 7.41. The molecule has 3 heterocycles. The molecule has 0 bridgehead atoms. The molecule has 0 N–H and O–H groups in total. The Kier molecular flexibility index (Phi) is 2.59. The molecule has 1 aliphatic carbocycles. The number of hydrogen-bond acceptors (Lipinski definition) is 2. The zero-order valence-corrected chi connectivity index (χ0v) is 11.5. The number of aromatic nitrogens is 2. The van der Waals surface area contributed by atoms with Crippen molar-refractivity contribution in [1.82, 2.24) is 14.5 Å². The first kappa shape index (κ1) is 11.9. The molecule has 0 radical (unpaired) electrons. The number of rotatable bonds is 2. The molecular weight excluding hydrogens is 250 g/mol. The third-order valence-corrected chi connectivity index (χ3v) is 5.17. The third-order valence-electron chi connectivity index (χ3n) is 5.17. The van der Waals surface area contributed by atoms with Crippen molar-refractivity contribution >= 4 is 11.9 Å². The number of nitrogens with zero attached hydrogens (tertiary/aromatic N) is 3. The van der Waals surface area contributed by atoms with Crippen LogP contribution in [-0.2, 0) is 4.79 Å². The second-order valence-corrected chi connectivity index (χ2v) is 6.42. The van der Waals surface area contributed by atoms with Crippen LogP contribution in [0.4, 0.5) is 0 Å². The fraction of sp³-hybridized carbons (Fsp3) is 0.500. The van der Waals surface area contributed by atoms with Gasteiger partial charge in [-0.15, -0.1) is 0 Å². The van der Waals surface area contributed by atoms with Gasteiger partial charge < -0.3 is 4.90 Å². The van der Waals surface area contributed by atoms with Gasteiger partial charge in [-0.25, -0.2) is 4.52 Å². The lowest BCUT2D eigenvalue weighted by Crippen LogP contribution is -2.56. The number of likely N-dealkylation sites (tertiary alicyclic amines) is 1. The van der Waals surface area contributed by atoms with Gasteiger partial charge in [0.1, 0.15) is 0 Å². The van der Waals surface area contributed by atoms with Crippen LogP contribution in [-0.4, -0.2) is 34.0 Å². The van der Waals surface area contributed by atoms with Crippen LogP contribution < -0.4 is 0 Å². The van der Waals surface area contributed by atoms with Crippen molar-refractivity contribution in [2.24, 2.45) is 5.41 Å². The standard InChI is InChI=1S/C16H19N3O/c20-12-18-10-16(11-18)6-4-13(5-7-16)14-9-17-19-8-2-1-3-15(14)19/h1-3,8-9,12-13H,4-7,10-11H2. The van der Waals surface area contributed by atoms with Gasteiger partial charge in [-0.2, -0.15) is 5.10 Å². The number of amides is 1. The van der Waals surface area contributed by atoms with Crippen LogP contribution in [0.3, 0.4) is 0 Å². The minimum absolute atomic E-state index is 0.431. The molecule has 1 aliphatic heterocycles. The highest BCUT2D eigenvalue weighted by atomic mass is 16.1. The summed E-state index contributed by atoms with van der Waals surface area (Å²) < 4.78 is 1.97. The second-order valence-electron chi connectivity index (χ2n) is 6.42. The molecule has 2 aliphatic rings. The highest BCUT2D eigenvalue weighted by molar-refractivity contribution is 5.55. The molecule has 4 nitrogen and oxygen atoms in total. The van der Waals surface area contributed by atoms with E-state index < -0.39 is 0 Å². The van der Waals surface area contributed by atoms with Crippen molar-refractivity contribution in [3.05, 3.63) is 36.2 Å². The van der Waals surface area contributed by atoms with Crippen molar-refractivity contribution in [3.8, 4) is 0 Å². The van der Waals surface area contributed by atoms with Crippen molar-refractivity contribution in [3.63, 3.8) is 0 Å². The molecule has 2 fully saturated rings. The molecule has 0 atom stereocenters. The monoisotopic (exact) mass is 269 g/mol. The zero-order chi connectivity index (χ0) is 13.6. The first-order valence-electron chi connectivity index (χ1n) is 7.41. The molecule has 2 aromatic heterocycles. The van der Waals surface area contributed by atoms with E-state index in [1.54, 1.807) is 0 Å². The molecule has 4 heteroatoms. The van der Waals surface area contributed by atoms with Crippen LogP contribution in [0.25, 0.3) is 5.52 Å². The predicted octanol–water partition coefficient (Wildman–Crippen LogP) is 2.45. The van der Waals surface area contributed by atoms with Gasteiger partial charge in [0, 0.05) is 30.3 Å². The summed E-state index contributed by atoms with van der Waals surface area (Å²) >= 11 is 0. The average Bonchev–Trinajstić information content (AvgIpc) is 2.89. The number of carbonyl (C=O) groups excluding carboxylic acids is 1. The summed E-state index contributed by atoms with van der Waals surface area (Å²) in [7, 11) is 0. The Labute approximate surface area is 118 Å². The van der Waals surface area contributed by atoms with Gasteiger partial charge in [0.25, 0.3) is 0 Å². The number of pyridine rings is 1. The highest BCUT2D eigenvalue weighted by Gasteiger charge is 2.45. The summed E-state index contributed by atoms with van der Waals surface area (Å²) in [6, 6.07) is 6.25. The van der Waals surface area contributed by atoms with E-state index in [0.717, 1.165) is 19.5 Å². The molecule has 2 aromatic rings. The van der Waals surface area contributed by atoms with Crippen LogP contribution in [0.1, 0.15) is 37.2 Å². The van der Waals surface area contributed by atoms with Gasteiger partial charge in [0.2, 0.25) is 6.41 Å². The van der Waals surface area contributed by atoms with Gasteiger partial charge in [-0.3, -0.25) is 4.79 Å². The number of fused-ring (bicyclic) bond motifs is 1. The fourth-order valence-electron chi connectivity index (χ4n) is 4.02. The number of hydrogen-bond donors (Lipinski definition) is 0. The van der Waals surface area contributed by atoms with Crippen molar-refractivity contribution in [1.29, 1.82) is 0 Å². The molecule has 20 heavy (non-hydrogen) atoms. The quantitative estimate of drug-likeness (QED) is 0.785. The van der Waals surface area contributed by atoms with Gasteiger partial charge in [-0.1, -0.05) is 6.07 Å². The van der Waals surface area contributed by atoms with Gasteiger partial charge >= 0.3 is 0 Å². The Bertz CT molecular complexity index is 632. The Morgan fingerprint density at radius 3 is 2.80 bits per heavy atom. The summed E-state index contributed by atoms with van der Waals surface area (Å²) in [5, 5.41) is 4.45. The van der Waals surface area contributed by atoms with Gasteiger partial charge in [0.15, 0.2) is 0 Å². The molecule has 104 valence electrons. The van der Waals surface area contributed by atoms with Crippen LogP contribution in [0.15, 0.2) is 30.6 Å². The lowest BCUT2D eigenvalue weighted by atomic mass is 9.65. The smallest absolute Gasteiger partial charge is 0.209 e. The minimum Gasteiger partial charge on any atom is -0.344 e.